The molecule has 5 nitrogen and oxygen atoms in total. The van der Waals surface area contributed by atoms with E-state index in [1.807, 2.05) is 12.1 Å². The molecule has 0 unspecified atom stereocenters. The number of nitrogens with zero attached hydrogens (tertiary/aromatic N) is 3. The first kappa shape index (κ1) is 11.3. The first-order valence-corrected chi connectivity index (χ1v) is 5.38. The minimum Gasteiger partial charge on any atom is -0.306 e. The van der Waals surface area contributed by atoms with Gasteiger partial charge in [0.05, 0.1) is 16.6 Å². The zero-order valence-corrected chi connectivity index (χ0v) is 9.76. The van der Waals surface area contributed by atoms with Gasteiger partial charge < -0.3 is 5.32 Å². The summed E-state index contributed by atoms with van der Waals surface area (Å²) < 4.78 is 0. The van der Waals surface area contributed by atoms with E-state index in [4.69, 9.17) is 23.2 Å². The van der Waals surface area contributed by atoms with Gasteiger partial charge in [-0.25, -0.2) is 0 Å². The monoisotopic (exact) mass is 257 g/mol. The van der Waals surface area contributed by atoms with Gasteiger partial charge in [-0.2, -0.15) is 5.21 Å². The Morgan fingerprint density at radius 2 is 2.06 bits per heavy atom. The predicted octanol–water partition coefficient (Wildman–Crippen LogP) is 1.80. The molecule has 0 saturated carbocycles. The van der Waals surface area contributed by atoms with Crippen LogP contribution < -0.4 is 5.32 Å². The molecule has 0 fully saturated rings. The molecule has 1 heterocycles. The van der Waals surface area contributed by atoms with Gasteiger partial charge >= 0.3 is 0 Å². The molecule has 7 heteroatoms. The fraction of sp³-hybridized carbons (Fsp3) is 0.222. The van der Waals surface area contributed by atoms with Crippen molar-refractivity contribution in [3.8, 4) is 0 Å². The van der Waals surface area contributed by atoms with E-state index in [0.29, 0.717) is 29.0 Å². The second kappa shape index (κ2) is 5.25. The van der Waals surface area contributed by atoms with Crippen LogP contribution in [-0.2, 0) is 13.1 Å². The van der Waals surface area contributed by atoms with Gasteiger partial charge in [-0.15, -0.1) is 10.2 Å². The Balaban J connectivity index is 1.87. The van der Waals surface area contributed by atoms with Crippen LogP contribution in [0.25, 0.3) is 0 Å². The smallest absolute Gasteiger partial charge is 0.188 e. The van der Waals surface area contributed by atoms with E-state index in [1.165, 1.54) is 0 Å². The lowest BCUT2D eigenvalue weighted by molar-refractivity contribution is 0.663. The lowest BCUT2D eigenvalue weighted by Crippen LogP contribution is -2.13. The highest BCUT2D eigenvalue weighted by atomic mass is 35.5. The molecule has 0 aliphatic rings. The SMILES string of the molecule is Clc1ccc(CNCc2nn[nH]n2)cc1Cl. The normalized spacial score (nSPS) is 10.6. The maximum atomic E-state index is 5.89. The van der Waals surface area contributed by atoms with Crippen LogP contribution in [0.1, 0.15) is 11.4 Å². The van der Waals surface area contributed by atoms with Gasteiger partial charge in [-0.3, -0.25) is 0 Å². The van der Waals surface area contributed by atoms with Gasteiger partial charge in [-0.1, -0.05) is 34.5 Å². The summed E-state index contributed by atoms with van der Waals surface area (Å²) in [5.41, 5.74) is 1.05. The maximum Gasteiger partial charge on any atom is 0.188 e. The second-order valence-corrected chi connectivity index (χ2v) is 3.99. The molecule has 0 aliphatic carbocycles. The number of aromatic nitrogens is 4. The van der Waals surface area contributed by atoms with Gasteiger partial charge in [0.15, 0.2) is 5.82 Å². The zero-order valence-electron chi connectivity index (χ0n) is 8.24. The number of halogens is 2. The van der Waals surface area contributed by atoms with Crippen LogP contribution in [0.4, 0.5) is 0 Å². The van der Waals surface area contributed by atoms with Gasteiger partial charge in [0.2, 0.25) is 0 Å². The van der Waals surface area contributed by atoms with Crippen molar-refractivity contribution >= 4 is 23.2 Å². The van der Waals surface area contributed by atoms with Crippen molar-refractivity contribution in [2.24, 2.45) is 0 Å². The summed E-state index contributed by atoms with van der Waals surface area (Å²) in [5.74, 6) is 0.625. The molecule has 1 aromatic heterocycles. The minimum absolute atomic E-state index is 0.552. The Kier molecular flexibility index (Phi) is 3.71. The number of hydrogen-bond donors (Lipinski definition) is 2. The molecule has 84 valence electrons. The van der Waals surface area contributed by atoms with Crippen LogP contribution in [0.2, 0.25) is 10.0 Å². The summed E-state index contributed by atoms with van der Waals surface area (Å²) in [6, 6.07) is 5.51. The van der Waals surface area contributed by atoms with Crippen LogP contribution in [-0.4, -0.2) is 20.6 Å². The number of H-pyrrole nitrogens is 1. The molecule has 0 radical (unpaired) electrons. The molecule has 0 bridgehead atoms. The maximum absolute atomic E-state index is 5.89. The predicted molar refractivity (Wildman–Crippen MR) is 61.2 cm³/mol. The Morgan fingerprint density at radius 1 is 1.19 bits per heavy atom. The summed E-state index contributed by atoms with van der Waals surface area (Å²) in [7, 11) is 0. The van der Waals surface area contributed by atoms with E-state index in [0.717, 1.165) is 5.56 Å². The average Bonchev–Trinajstić information content (AvgIpc) is 2.76. The molecule has 1 aromatic carbocycles. The molecule has 0 aliphatic heterocycles. The fourth-order valence-corrected chi connectivity index (χ4v) is 1.55. The van der Waals surface area contributed by atoms with Crippen LogP contribution in [0.5, 0.6) is 0 Å². The van der Waals surface area contributed by atoms with Crippen molar-refractivity contribution in [1.29, 1.82) is 0 Å². The first-order valence-electron chi connectivity index (χ1n) is 4.62. The van der Waals surface area contributed by atoms with Crippen LogP contribution in [0, 0.1) is 0 Å². The summed E-state index contributed by atoms with van der Waals surface area (Å²) in [6.07, 6.45) is 0. The number of nitrogens with one attached hydrogen (secondary N) is 2. The summed E-state index contributed by atoms with van der Waals surface area (Å²) in [6.45, 7) is 1.22. The first-order chi connectivity index (χ1) is 7.75. The van der Waals surface area contributed by atoms with Crippen LogP contribution in [0.15, 0.2) is 18.2 Å². The van der Waals surface area contributed by atoms with Crippen molar-refractivity contribution in [1.82, 2.24) is 25.9 Å². The number of aromatic amines is 1. The van der Waals surface area contributed by atoms with E-state index in [-0.39, 0.29) is 0 Å². The largest absolute Gasteiger partial charge is 0.306 e. The van der Waals surface area contributed by atoms with Crippen molar-refractivity contribution < 1.29 is 0 Å². The van der Waals surface area contributed by atoms with E-state index >= 15 is 0 Å². The highest BCUT2D eigenvalue weighted by Gasteiger charge is 2.00. The number of tetrazole rings is 1. The second-order valence-electron chi connectivity index (χ2n) is 3.18. The molecule has 2 rings (SSSR count). The molecule has 0 spiro atoms. The Labute approximate surface area is 102 Å². The van der Waals surface area contributed by atoms with E-state index in [1.54, 1.807) is 6.07 Å². The van der Waals surface area contributed by atoms with Gasteiger partial charge in [0.1, 0.15) is 0 Å². The quantitative estimate of drug-likeness (QED) is 0.877. The number of rotatable bonds is 4. The van der Waals surface area contributed by atoms with Crippen molar-refractivity contribution in [3.05, 3.63) is 39.6 Å². The fourth-order valence-electron chi connectivity index (χ4n) is 1.23. The Hall–Kier alpha value is -1.17. The summed E-state index contributed by atoms with van der Waals surface area (Å²) in [5, 5.41) is 17.8. The Bertz CT molecular complexity index is 457. The van der Waals surface area contributed by atoms with Crippen LogP contribution in [0.3, 0.4) is 0 Å². The van der Waals surface area contributed by atoms with Gasteiger partial charge in [0.25, 0.3) is 0 Å². The molecule has 2 N–H and O–H groups in total. The topological polar surface area (TPSA) is 66.5 Å². The van der Waals surface area contributed by atoms with E-state index in [2.05, 4.69) is 25.9 Å². The van der Waals surface area contributed by atoms with Gasteiger partial charge in [0, 0.05) is 6.54 Å². The van der Waals surface area contributed by atoms with Crippen LogP contribution >= 0.6 is 23.2 Å². The lowest BCUT2D eigenvalue weighted by atomic mass is 10.2. The minimum atomic E-state index is 0.552. The molecule has 16 heavy (non-hydrogen) atoms. The summed E-state index contributed by atoms with van der Waals surface area (Å²) >= 11 is 11.7. The number of benzene rings is 1. The van der Waals surface area contributed by atoms with E-state index < -0.39 is 0 Å². The third-order valence-electron chi connectivity index (χ3n) is 1.99. The Morgan fingerprint density at radius 3 is 2.75 bits per heavy atom. The van der Waals surface area contributed by atoms with E-state index in [9.17, 15) is 0 Å². The van der Waals surface area contributed by atoms with Gasteiger partial charge in [-0.05, 0) is 17.7 Å². The molecular weight excluding hydrogens is 249 g/mol. The molecule has 0 amide bonds. The standard InChI is InChI=1S/C9H9Cl2N5/c10-7-2-1-6(3-8(7)11)4-12-5-9-13-15-16-14-9/h1-3,12H,4-5H2,(H,13,14,15,16). The zero-order chi connectivity index (χ0) is 11.4. The summed E-state index contributed by atoms with van der Waals surface area (Å²) in [4.78, 5) is 0. The highest BCUT2D eigenvalue weighted by Crippen LogP contribution is 2.22. The van der Waals surface area contributed by atoms with Crippen molar-refractivity contribution in [3.63, 3.8) is 0 Å². The molecule has 0 atom stereocenters. The average molecular weight is 258 g/mol. The molecule has 2 aromatic rings. The molecular formula is C9H9Cl2N5. The van der Waals surface area contributed by atoms with Crippen molar-refractivity contribution in [2.75, 3.05) is 0 Å². The lowest BCUT2D eigenvalue weighted by Gasteiger charge is -2.03. The number of hydrogen-bond acceptors (Lipinski definition) is 4. The highest BCUT2D eigenvalue weighted by molar-refractivity contribution is 6.42. The third kappa shape index (κ3) is 2.91. The van der Waals surface area contributed by atoms with Crippen molar-refractivity contribution in [2.45, 2.75) is 13.1 Å². The molecule has 0 saturated heterocycles. The third-order valence-corrected chi connectivity index (χ3v) is 2.72.